The quantitative estimate of drug-likeness (QED) is 0.756. The highest BCUT2D eigenvalue weighted by Crippen LogP contribution is 2.15. The normalized spacial score (nSPS) is 19.3. The lowest BCUT2D eigenvalue weighted by atomic mass is 10.1. The Kier molecular flexibility index (Phi) is 2.62. The van der Waals surface area contributed by atoms with Crippen molar-refractivity contribution in [1.82, 2.24) is 10.3 Å². The van der Waals surface area contributed by atoms with Gasteiger partial charge in [0.15, 0.2) is 0 Å². The zero-order chi connectivity index (χ0) is 10.7. The molecular formula is C10H11N3O2. The molecular weight excluding hydrogens is 194 g/mol. The number of hydrogen-bond donors (Lipinski definition) is 1. The second-order valence-corrected chi connectivity index (χ2v) is 3.19. The number of nitrogens with zero attached hydrogens (tertiary/aromatic N) is 2. The van der Waals surface area contributed by atoms with E-state index in [1.807, 2.05) is 12.1 Å². The molecule has 2 rings (SSSR count). The summed E-state index contributed by atoms with van der Waals surface area (Å²) in [6.07, 6.45) is 3.38. The van der Waals surface area contributed by atoms with Crippen LogP contribution in [0.2, 0.25) is 0 Å². The van der Waals surface area contributed by atoms with Crippen LogP contribution in [0.15, 0.2) is 29.7 Å². The van der Waals surface area contributed by atoms with E-state index < -0.39 is 6.10 Å². The van der Waals surface area contributed by atoms with Crippen LogP contribution >= 0.6 is 0 Å². The van der Waals surface area contributed by atoms with Gasteiger partial charge in [0, 0.05) is 31.4 Å². The molecule has 1 N–H and O–H groups in total. The van der Waals surface area contributed by atoms with Crippen LogP contribution in [-0.2, 0) is 9.63 Å². The third-order valence-corrected chi connectivity index (χ3v) is 2.20. The van der Waals surface area contributed by atoms with E-state index in [9.17, 15) is 4.79 Å². The van der Waals surface area contributed by atoms with Gasteiger partial charge in [-0.3, -0.25) is 9.78 Å². The zero-order valence-corrected chi connectivity index (χ0v) is 8.30. The van der Waals surface area contributed by atoms with Crippen molar-refractivity contribution in [2.24, 2.45) is 5.16 Å². The average molecular weight is 205 g/mol. The van der Waals surface area contributed by atoms with Crippen LogP contribution in [0.5, 0.6) is 0 Å². The van der Waals surface area contributed by atoms with Gasteiger partial charge >= 0.3 is 0 Å². The Hall–Kier alpha value is -1.91. The van der Waals surface area contributed by atoms with Gasteiger partial charge in [-0.15, -0.1) is 0 Å². The van der Waals surface area contributed by atoms with Crippen molar-refractivity contribution in [3.05, 3.63) is 30.1 Å². The van der Waals surface area contributed by atoms with Crippen molar-refractivity contribution >= 4 is 11.6 Å². The molecule has 1 amide bonds. The third kappa shape index (κ3) is 1.96. The number of likely N-dealkylation sites (N-methyl/N-ethyl adjacent to an activating group) is 1. The largest absolute Gasteiger partial charge is 0.382 e. The number of oxime groups is 1. The minimum absolute atomic E-state index is 0.155. The second kappa shape index (κ2) is 4.08. The van der Waals surface area contributed by atoms with E-state index in [1.54, 1.807) is 19.4 Å². The first-order chi connectivity index (χ1) is 7.31. The number of carbonyl (C=O) groups excluding carboxylic acids is 1. The number of carbonyl (C=O) groups is 1. The fraction of sp³-hybridized carbons (Fsp3) is 0.300. The second-order valence-electron chi connectivity index (χ2n) is 3.19. The van der Waals surface area contributed by atoms with Crippen molar-refractivity contribution in [3.63, 3.8) is 0 Å². The summed E-state index contributed by atoms with van der Waals surface area (Å²) in [5.74, 6) is -0.155. The molecule has 1 aromatic rings. The van der Waals surface area contributed by atoms with Gasteiger partial charge in [0.25, 0.3) is 5.91 Å². The summed E-state index contributed by atoms with van der Waals surface area (Å²) >= 11 is 0. The van der Waals surface area contributed by atoms with Gasteiger partial charge in [-0.2, -0.15) is 0 Å². The Balaban J connectivity index is 2.07. The van der Waals surface area contributed by atoms with Gasteiger partial charge < -0.3 is 10.2 Å². The van der Waals surface area contributed by atoms with E-state index in [4.69, 9.17) is 4.84 Å². The summed E-state index contributed by atoms with van der Waals surface area (Å²) in [6, 6.07) is 3.71. The van der Waals surface area contributed by atoms with Crippen molar-refractivity contribution in [3.8, 4) is 0 Å². The molecule has 0 aliphatic carbocycles. The zero-order valence-electron chi connectivity index (χ0n) is 8.30. The first-order valence-corrected chi connectivity index (χ1v) is 4.66. The molecule has 78 valence electrons. The average Bonchev–Trinajstić information content (AvgIpc) is 2.78. The summed E-state index contributed by atoms with van der Waals surface area (Å²) in [4.78, 5) is 20.3. The van der Waals surface area contributed by atoms with E-state index in [0.717, 1.165) is 11.3 Å². The maximum atomic E-state index is 11.3. The minimum atomic E-state index is -0.509. The lowest BCUT2D eigenvalue weighted by Gasteiger charge is -2.04. The van der Waals surface area contributed by atoms with Gasteiger partial charge in [0.05, 0.1) is 5.71 Å². The van der Waals surface area contributed by atoms with Gasteiger partial charge in [-0.1, -0.05) is 5.16 Å². The smallest absolute Gasteiger partial charge is 0.264 e. The van der Waals surface area contributed by atoms with Crippen LogP contribution in [0.4, 0.5) is 0 Å². The van der Waals surface area contributed by atoms with Gasteiger partial charge in [-0.05, 0) is 12.1 Å². The SMILES string of the molecule is CNC(=O)C1CC(c2cccnc2)=NO1. The molecule has 1 atom stereocenters. The first-order valence-electron chi connectivity index (χ1n) is 4.66. The van der Waals surface area contributed by atoms with Crippen LogP contribution in [0.1, 0.15) is 12.0 Å². The molecule has 0 saturated carbocycles. The summed E-state index contributed by atoms with van der Waals surface area (Å²) in [5.41, 5.74) is 1.65. The van der Waals surface area contributed by atoms with Crippen LogP contribution in [0.3, 0.4) is 0 Å². The van der Waals surface area contributed by atoms with E-state index >= 15 is 0 Å². The molecule has 0 aromatic carbocycles. The lowest BCUT2D eigenvalue weighted by Crippen LogP contribution is -2.31. The van der Waals surface area contributed by atoms with Gasteiger partial charge in [0.2, 0.25) is 6.10 Å². The molecule has 0 spiro atoms. The van der Waals surface area contributed by atoms with Crippen molar-refractivity contribution in [2.75, 3.05) is 7.05 Å². The molecule has 0 bridgehead atoms. The number of hydrogen-bond acceptors (Lipinski definition) is 4. The van der Waals surface area contributed by atoms with Crippen molar-refractivity contribution in [2.45, 2.75) is 12.5 Å². The van der Waals surface area contributed by atoms with E-state index in [0.29, 0.717) is 6.42 Å². The standard InChI is InChI=1S/C10H11N3O2/c1-11-10(14)9-5-8(13-15-9)7-3-2-4-12-6-7/h2-4,6,9H,5H2,1H3,(H,11,14). The Morgan fingerprint density at radius 2 is 2.53 bits per heavy atom. The number of pyridine rings is 1. The Labute approximate surface area is 87.1 Å². The van der Waals surface area contributed by atoms with Gasteiger partial charge in [-0.25, -0.2) is 0 Å². The predicted octanol–water partition coefficient (Wildman–Crippen LogP) is 0.321. The molecule has 5 heteroatoms. The van der Waals surface area contributed by atoms with Crippen LogP contribution < -0.4 is 5.32 Å². The Bertz CT molecular complexity index is 389. The maximum Gasteiger partial charge on any atom is 0.264 e. The molecule has 5 nitrogen and oxygen atoms in total. The molecule has 0 saturated heterocycles. The molecule has 1 aliphatic heterocycles. The summed E-state index contributed by atoms with van der Waals surface area (Å²) in [5, 5.41) is 6.40. The monoisotopic (exact) mass is 205 g/mol. The minimum Gasteiger partial charge on any atom is -0.382 e. The van der Waals surface area contributed by atoms with Crippen molar-refractivity contribution in [1.29, 1.82) is 0 Å². The van der Waals surface area contributed by atoms with E-state index in [1.165, 1.54) is 0 Å². The number of amides is 1. The molecule has 0 fully saturated rings. The third-order valence-electron chi connectivity index (χ3n) is 2.20. The summed E-state index contributed by atoms with van der Waals surface area (Å²) < 4.78 is 0. The molecule has 1 unspecified atom stereocenters. The van der Waals surface area contributed by atoms with Crippen LogP contribution in [0.25, 0.3) is 0 Å². The lowest BCUT2D eigenvalue weighted by molar-refractivity contribution is -0.130. The van der Waals surface area contributed by atoms with Crippen molar-refractivity contribution < 1.29 is 9.63 Å². The summed E-state index contributed by atoms with van der Waals surface area (Å²) in [6.45, 7) is 0. The Morgan fingerprint density at radius 3 is 3.20 bits per heavy atom. The molecule has 0 radical (unpaired) electrons. The van der Waals surface area contributed by atoms with Crippen LogP contribution in [-0.4, -0.2) is 29.8 Å². The molecule has 1 aliphatic rings. The van der Waals surface area contributed by atoms with Gasteiger partial charge in [0.1, 0.15) is 0 Å². The predicted molar refractivity (Wildman–Crippen MR) is 54.3 cm³/mol. The fourth-order valence-corrected chi connectivity index (χ4v) is 1.38. The number of aromatic nitrogens is 1. The fourth-order valence-electron chi connectivity index (χ4n) is 1.38. The maximum absolute atomic E-state index is 11.3. The highest BCUT2D eigenvalue weighted by Gasteiger charge is 2.27. The molecule has 15 heavy (non-hydrogen) atoms. The highest BCUT2D eigenvalue weighted by atomic mass is 16.6. The number of rotatable bonds is 2. The highest BCUT2D eigenvalue weighted by molar-refractivity contribution is 6.03. The molecule has 1 aromatic heterocycles. The Morgan fingerprint density at radius 1 is 1.67 bits per heavy atom. The van der Waals surface area contributed by atoms with E-state index in [-0.39, 0.29) is 5.91 Å². The molecule has 2 heterocycles. The first kappa shape index (κ1) is 9.64. The summed E-state index contributed by atoms with van der Waals surface area (Å²) in [7, 11) is 1.58. The van der Waals surface area contributed by atoms with Crippen LogP contribution in [0, 0.1) is 0 Å². The number of nitrogens with one attached hydrogen (secondary N) is 1. The topological polar surface area (TPSA) is 63.6 Å². The van der Waals surface area contributed by atoms with E-state index in [2.05, 4.69) is 15.5 Å².